The Bertz CT molecular complexity index is 600. The minimum Gasteiger partial charge on any atom is -0.353 e. The van der Waals surface area contributed by atoms with Gasteiger partial charge in [0.15, 0.2) is 0 Å². The molecule has 1 saturated carbocycles. The van der Waals surface area contributed by atoms with Gasteiger partial charge in [-0.2, -0.15) is 0 Å². The molecule has 2 aliphatic heterocycles. The predicted octanol–water partition coefficient (Wildman–Crippen LogP) is 3.13. The molecule has 2 bridgehead atoms. The van der Waals surface area contributed by atoms with Gasteiger partial charge in [-0.05, 0) is 57.1 Å². The van der Waals surface area contributed by atoms with Gasteiger partial charge in [0.1, 0.15) is 0 Å². The number of hydrogen-bond donors (Lipinski definition) is 2. The zero-order valence-corrected chi connectivity index (χ0v) is 13.9. The summed E-state index contributed by atoms with van der Waals surface area (Å²) >= 11 is 0. The van der Waals surface area contributed by atoms with Gasteiger partial charge >= 0.3 is 6.03 Å². The summed E-state index contributed by atoms with van der Waals surface area (Å²) in [7, 11) is 0. The molecular formula is C19H25N3O2. The molecule has 128 valence electrons. The molecule has 2 atom stereocenters. The van der Waals surface area contributed by atoms with E-state index in [9.17, 15) is 9.59 Å². The highest BCUT2D eigenvalue weighted by Crippen LogP contribution is 2.35. The van der Waals surface area contributed by atoms with Crippen LogP contribution in [0.25, 0.3) is 0 Å². The Hall–Kier alpha value is -2.04. The van der Waals surface area contributed by atoms with Gasteiger partial charge in [0.05, 0.1) is 0 Å². The molecule has 2 saturated heterocycles. The molecule has 24 heavy (non-hydrogen) atoms. The van der Waals surface area contributed by atoms with Gasteiger partial charge in [0.25, 0.3) is 0 Å². The molecule has 0 unspecified atom stereocenters. The zero-order chi connectivity index (χ0) is 16.5. The van der Waals surface area contributed by atoms with Crippen molar-refractivity contribution < 1.29 is 9.59 Å². The number of benzene rings is 1. The smallest absolute Gasteiger partial charge is 0.322 e. The monoisotopic (exact) mass is 327 g/mol. The van der Waals surface area contributed by atoms with Crippen molar-refractivity contribution in [1.29, 1.82) is 0 Å². The van der Waals surface area contributed by atoms with Gasteiger partial charge in [-0.1, -0.05) is 18.2 Å². The molecule has 4 rings (SSSR count). The minimum atomic E-state index is 0.00266. The summed E-state index contributed by atoms with van der Waals surface area (Å²) in [6.07, 6.45) is 7.10. The Labute approximate surface area is 142 Å². The van der Waals surface area contributed by atoms with Crippen molar-refractivity contribution in [2.45, 2.75) is 63.1 Å². The molecule has 1 aromatic rings. The number of para-hydroxylation sites is 1. The number of piperidine rings is 2. The number of carbonyl (C=O) groups is 2. The van der Waals surface area contributed by atoms with Crippen LogP contribution in [0, 0.1) is 5.92 Å². The van der Waals surface area contributed by atoms with Crippen LogP contribution < -0.4 is 10.6 Å². The third-order valence-electron chi connectivity index (χ3n) is 5.53. The van der Waals surface area contributed by atoms with Crippen molar-refractivity contribution >= 4 is 17.6 Å². The molecule has 5 nitrogen and oxygen atoms in total. The lowest BCUT2D eigenvalue weighted by Gasteiger charge is -2.48. The number of carbonyl (C=O) groups excluding carboxylic acids is 2. The van der Waals surface area contributed by atoms with E-state index < -0.39 is 0 Å². The Morgan fingerprint density at radius 3 is 2.25 bits per heavy atom. The third-order valence-corrected chi connectivity index (χ3v) is 5.53. The fourth-order valence-corrected chi connectivity index (χ4v) is 4.20. The predicted molar refractivity (Wildman–Crippen MR) is 92.6 cm³/mol. The Balaban J connectivity index is 1.41. The van der Waals surface area contributed by atoms with Crippen LogP contribution in [0.15, 0.2) is 30.3 Å². The van der Waals surface area contributed by atoms with E-state index in [0.29, 0.717) is 0 Å². The number of nitrogens with one attached hydrogen (secondary N) is 2. The second-order valence-electron chi connectivity index (χ2n) is 7.39. The molecular weight excluding hydrogens is 302 g/mol. The molecule has 5 heteroatoms. The molecule has 2 N–H and O–H groups in total. The second kappa shape index (κ2) is 6.46. The SMILES string of the molecule is O=C(NC1C[C@@H]2CCC[C@@H](C1)N2C(=O)Nc1ccccc1)C1CC1. The summed E-state index contributed by atoms with van der Waals surface area (Å²) in [5.74, 6) is 0.476. The van der Waals surface area contributed by atoms with Crippen LogP contribution in [0.5, 0.6) is 0 Å². The minimum absolute atomic E-state index is 0.00266. The van der Waals surface area contributed by atoms with E-state index in [1.54, 1.807) is 0 Å². The highest BCUT2D eigenvalue weighted by atomic mass is 16.2. The molecule has 0 aromatic heterocycles. The fraction of sp³-hybridized carbons (Fsp3) is 0.579. The van der Waals surface area contributed by atoms with E-state index in [2.05, 4.69) is 10.6 Å². The van der Waals surface area contributed by atoms with Gasteiger partial charge in [0, 0.05) is 29.7 Å². The van der Waals surface area contributed by atoms with Gasteiger partial charge in [-0.15, -0.1) is 0 Å². The summed E-state index contributed by atoms with van der Waals surface area (Å²) in [4.78, 5) is 26.8. The topological polar surface area (TPSA) is 61.4 Å². The Morgan fingerprint density at radius 2 is 1.62 bits per heavy atom. The number of hydrogen-bond acceptors (Lipinski definition) is 2. The maximum Gasteiger partial charge on any atom is 0.322 e. The fourth-order valence-electron chi connectivity index (χ4n) is 4.20. The second-order valence-corrected chi connectivity index (χ2v) is 7.39. The van der Waals surface area contributed by atoms with Crippen molar-refractivity contribution in [3.63, 3.8) is 0 Å². The van der Waals surface area contributed by atoms with Crippen LogP contribution in [0.4, 0.5) is 10.5 Å². The van der Waals surface area contributed by atoms with Crippen molar-refractivity contribution in [1.82, 2.24) is 10.2 Å². The molecule has 2 heterocycles. The maximum absolute atomic E-state index is 12.8. The molecule has 3 aliphatic rings. The summed E-state index contributed by atoms with van der Waals surface area (Å²) < 4.78 is 0. The van der Waals surface area contributed by atoms with Crippen LogP contribution in [-0.4, -0.2) is 35.0 Å². The third kappa shape index (κ3) is 3.25. The van der Waals surface area contributed by atoms with Gasteiger partial charge in [-0.3, -0.25) is 4.79 Å². The van der Waals surface area contributed by atoms with E-state index >= 15 is 0 Å². The van der Waals surface area contributed by atoms with E-state index in [-0.39, 0.29) is 36.0 Å². The lowest BCUT2D eigenvalue weighted by Crippen LogP contribution is -2.59. The maximum atomic E-state index is 12.8. The average Bonchev–Trinajstić information content (AvgIpc) is 3.40. The molecule has 3 amide bonds. The van der Waals surface area contributed by atoms with E-state index in [1.165, 1.54) is 6.42 Å². The molecule has 1 aromatic carbocycles. The summed E-state index contributed by atoms with van der Waals surface area (Å²) in [5.41, 5.74) is 0.838. The quantitative estimate of drug-likeness (QED) is 0.896. The van der Waals surface area contributed by atoms with Crippen LogP contribution in [-0.2, 0) is 4.79 Å². The highest BCUT2D eigenvalue weighted by molar-refractivity contribution is 5.90. The Morgan fingerprint density at radius 1 is 0.958 bits per heavy atom. The average molecular weight is 327 g/mol. The largest absolute Gasteiger partial charge is 0.353 e. The summed E-state index contributed by atoms with van der Waals surface area (Å²) in [5, 5.41) is 6.24. The van der Waals surface area contributed by atoms with Crippen LogP contribution in [0.3, 0.4) is 0 Å². The van der Waals surface area contributed by atoms with Crippen LogP contribution in [0.1, 0.15) is 44.9 Å². The number of amides is 3. The van der Waals surface area contributed by atoms with Gasteiger partial charge < -0.3 is 15.5 Å². The van der Waals surface area contributed by atoms with Crippen molar-refractivity contribution in [3.05, 3.63) is 30.3 Å². The number of nitrogens with zero attached hydrogens (tertiary/aromatic N) is 1. The van der Waals surface area contributed by atoms with Crippen LogP contribution in [0.2, 0.25) is 0 Å². The first-order chi connectivity index (χ1) is 11.7. The first kappa shape index (κ1) is 15.5. The molecule has 0 spiro atoms. The van der Waals surface area contributed by atoms with E-state index in [0.717, 1.165) is 44.2 Å². The molecule has 0 radical (unpaired) electrons. The van der Waals surface area contributed by atoms with Gasteiger partial charge in [-0.25, -0.2) is 4.79 Å². The first-order valence-corrected chi connectivity index (χ1v) is 9.15. The van der Waals surface area contributed by atoms with E-state index in [1.807, 2.05) is 35.2 Å². The first-order valence-electron chi connectivity index (χ1n) is 9.15. The normalized spacial score (nSPS) is 29.0. The number of fused-ring (bicyclic) bond motifs is 2. The zero-order valence-electron chi connectivity index (χ0n) is 13.9. The van der Waals surface area contributed by atoms with E-state index in [4.69, 9.17) is 0 Å². The lowest BCUT2D eigenvalue weighted by atomic mass is 9.82. The Kier molecular flexibility index (Phi) is 4.17. The van der Waals surface area contributed by atoms with Crippen molar-refractivity contribution in [2.24, 2.45) is 5.92 Å². The molecule has 1 aliphatic carbocycles. The highest BCUT2D eigenvalue weighted by Gasteiger charge is 2.42. The van der Waals surface area contributed by atoms with Crippen molar-refractivity contribution in [3.8, 4) is 0 Å². The number of rotatable bonds is 3. The number of anilines is 1. The van der Waals surface area contributed by atoms with Gasteiger partial charge in [0.2, 0.25) is 5.91 Å². The summed E-state index contributed by atoms with van der Waals surface area (Å²) in [6, 6.07) is 10.3. The van der Waals surface area contributed by atoms with Crippen molar-refractivity contribution in [2.75, 3.05) is 5.32 Å². The lowest BCUT2D eigenvalue weighted by molar-refractivity contribution is -0.123. The van der Waals surface area contributed by atoms with Crippen LogP contribution >= 0.6 is 0 Å². The molecule has 3 fully saturated rings. The summed E-state index contributed by atoms with van der Waals surface area (Å²) in [6.45, 7) is 0. The standard InChI is InChI=1S/C19H25N3O2/c23-18(13-9-10-13)20-15-11-16-7-4-8-17(12-15)22(16)19(24)21-14-5-2-1-3-6-14/h1-3,5-6,13,15-17H,4,7-12H2,(H,20,23)(H,21,24)/t16-,17-/m0/s1. The number of urea groups is 1.